The number of nitrogens with zero attached hydrogens (tertiary/aromatic N) is 3. The fraction of sp³-hybridized carbons (Fsp3) is 0.200. The third-order valence-electron chi connectivity index (χ3n) is 5.39. The molecule has 5 rings (SSSR count). The molecule has 4 aromatic rings. The van der Waals surface area contributed by atoms with Gasteiger partial charge in [0.05, 0.1) is 21.9 Å². The SMILES string of the molecule is O=C(CSc1nnc(-c2cccs2)n1C1CC1)Nc1ccccc1C(=O)NCc1ccccc1. The lowest BCUT2D eigenvalue weighted by atomic mass is 10.1. The molecular formula is C25H23N5O2S2. The lowest BCUT2D eigenvalue weighted by Crippen LogP contribution is -2.25. The number of benzene rings is 2. The Morgan fingerprint density at radius 1 is 1.00 bits per heavy atom. The number of para-hydroxylation sites is 1. The van der Waals surface area contributed by atoms with E-state index in [4.69, 9.17) is 0 Å². The van der Waals surface area contributed by atoms with Crippen molar-refractivity contribution in [1.29, 1.82) is 0 Å². The van der Waals surface area contributed by atoms with Crippen LogP contribution < -0.4 is 10.6 Å². The van der Waals surface area contributed by atoms with Crippen LogP contribution in [0.5, 0.6) is 0 Å². The summed E-state index contributed by atoms with van der Waals surface area (Å²) in [6.45, 7) is 0.418. The highest BCUT2D eigenvalue weighted by Crippen LogP contribution is 2.41. The average molecular weight is 490 g/mol. The van der Waals surface area contributed by atoms with Gasteiger partial charge in [-0.3, -0.25) is 14.2 Å². The molecule has 0 radical (unpaired) electrons. The van der Waals surface area contributed by atoms with E-state index in [2.05, 4.69) is 25.4 Å². The zero-order chi connectivity index (χ0) is 23.3. The quantitative estimate of drug-likeness (QED) is 0.323. The number of aromatic nitrogens is 3. The molecule has 34 heavy (non-hydrogen) atoms. The Labute approximate surface area is 205 Å². The second-order valence-corrected chi connectivity index (χ2v) is 9.83. The van der Waals surface area contributed by atoms with Crippen molar-refractivity contribution in [3.63, 3.8) is 0 Å². The molecule has 1 aliphatic rings. The number of hydrogen-bond donors (Lipinski definition) is 2. The highest BCUT2D eigenvalue weighted by molar-refractivity contribution is 7.99. The molecule has 1 aliphatic carbocycles. The molecule has 0 saturated heterocycles. The molecule has 2 aromatic carbocycles. The predicted molar refractivity (Wildman–Crippen MR) is 135 cm³/mol. The number of thioether (sulfide) groups is 1. The van der Waals surface area contributed by atoms with Gasteiger partial charge in [-0.15, -0.1) is 21.5 Å². The van der Waals surface area contributed by atoms with E-state index < -0.39 is 0 Å². The highest BCUT2D eigenvalue weighted by atomic mass is 32.2. The maximum absolute atomic E-state index is 12.8. The van der Waals surface area contributed by atoms with Crippen molar-refractivity contribution in [1.82, 2.24) is 20.1 Å². The van der Waals surface area contributed by atoms with Crippen molar-refractivity contribution in [3.05, 3.63) is 83.2 Å². The van der Waals surface area contributed by atoms with E-state index in [0.29, 0.717) is 23.8 Å². The monoisotopic (exact) mass is 489 g/mol. The minimum absolute atomic E-state index is 0.176. The fourth-order valence-electron chi connectivity index (χ4n) is 3.59. The van der Waals surface area contributed by atoms with E-state index in [1.54, 1.807) is 35.6 Å². The summed E-state index contributed by atoms with van der Waals surface area (Å²) in [5.41, 5.74) is 1.93. The van der Waals surface area contributed by atoms with Gasteiger partial charge in [0.1, 0.15) is 0 Å². The lowest BCUT2D eigenvalue weighted by molar-refractivity contribution is -0.113. The third kappa shape index (κ3) is 5.21. The molecule has 0 atom stereocenters. The van der Waals surface area contributed by atoms with E-state index in [1.165, 1.54) is 11.8 Å². The number of carbonyl (C=O) groups excluding carboxylic acids is 2. The van der Waals surface area contributed by atoms with E-state index in [9.17, 15) is 9.59 Å². The van der Waals surface area contributed by atoms with Crippen molar-refractivity contribution in [2.45, 2.75) is 30.6 Å². The van der Waals surface area contributed by atoms with Gasteiger partial charge < -0.3 is 10.6 Å². The van der Waals surface area contributed by atoms with Gasteiger partial charge in [-0.05, 0) is 42.0 Å². The summed E-state index contributed by atoms with van der Waals surface area (Å²) in [6, 6.07) is 21.2. The number of anilines is 1. The van der Waals surface area contributed by atoms with Crippen LogP contribution in [0.4, 0.5) is 5.69 Å². The summed E-state index contributed by atoms with van der Waals surface area (Å²) in [4.78, 5) is 26.6. The minimum Gasteiger partial charge on any atom is -0.348 e. The Kier molecular flexibility index (Phi) is 6.73. The van der Waals surface area contributed by atoms with Crippen molar-refractivity contribution < 1.29 is 9.59 Å². The lowest BCUT2D eigenvalue weighted by Gasteiger charge is -2.12. The standard InChI is InChI=1S/C25H23N5O2S2/c31-22(16-34-25-29-28-23(21-11-6-14-33-21)30(25)18-12-13-18)27-20-10-5-4-9-19(20)24(32)26-15-17-7-2-1-3-8-17/h1-11,14,18H,12-13,15-16H2,(H,26,32)(H,27,31). The average Bonchev–Trinajstić information content (AvgIpc) is 3.38. The highest BCUT2D eigenvalue weighted by Gasteiger charge is 2.30. The van der Waals surface area contributed by atoms with Crippen LogP contribution in [0.15, 0.2) is 77.3 Å². The van der Waals surface area contributed by atoms with Crippen LogP contribution in [-0.2, 0) is 11.3 Å². The number of carbonyl (C=O) groups is 2. The predicted octanol–water partition coefficient (Wildman–Crippen LogP) is 5.00. The molecular weight excluding hydrogens is 466 g/mol. The normalized spacial score (nSPS) is 12.9. The van der Waals surface area contributed by atoms with Crippen LogP contribution in [0.1, 0.15) is 34.8 Å². The first-order valence-corrected chi connectivity index (χ1v) is 12.9. The zero-order valence-electron chi connectivity index (χ0n) is 18.3. The first kappa shape index (κ1) is 22.4. The molecule has 1 saturated carbocycles. The molecule has 2 heterocycles. The molecule has 0 unspecified atom stereocenters. The van der Waals surface area contributed by atoms with Gasteiger partial charge in [0.15, 0.2) is 11.0 Å². The Morgan fingerprint density at radius 3 is 2.56 bits per heavy atom. The molecule has 1 fully saturated rings. The number of hydrogen-bond acceptors (Lipinski definition) is 6. The van der Waals surface area contributed by atoms with Gasteiger partial charge >= 0.3 is 0 Å². The van der Waals surface area contributed by atoms with Crippen molar-refractivity contribution in [2.75, 3.05) is 11.1 Å². The summed E-state index contributed by atoms with van der Waals surface area (Å²) in [5, 5.41) is 17.3. The van der Waals surface area contributed by atoms with E-state index in [0.717, 1.165) is 34.3 Å². The van der Waals surface area contributed by atoms with Gasteiger partial charge in [0.2, 0.25) is 5.91 Å². The van der Waals surface area contributed by atoms with Crippen molar-refractivity contribution in [3.8, 4) is 10.7 Å². The second-order valence-electron chi connectivity index (χ2n) is 7.94. The third-order valence-corrected chi connectivity index (χ3v) is 7.20. The molecule has 7 nitrogen and oxygen atoms in total. The van der Waals surface area contributed by atoms with Crippen LogP contribution in [0.25, 0.3) is 10.7 Å². The van der Waals surface area contributed by atoms with Crippen molar-refractivity contribution >= 4 is 40.6 Å². The summed E-state index contributed by atoms with van der Waals surface area (Å²) in [6.07, 6.45) is 2.20. The van der Waals surface area contributed by atoms with Crippen LogP contribution in [-0.4, -0.2) is 32.3 Å². The Bertz CT molecular complexity index is 1280. The molecule has 0 bridgehead atoms. The Morgan fingerprint density at radius 2 is 1.79 bits per heavy atom. The largest absolute Gasteiger partial charge is 0.348 e. The number of rotatable bonds is 9. The first-order valence-electron chi connectivity index (χ1n) is 11.0. The van der Waals surface area contributed by atoms with E-state index in [1.807, 2.05) is 47.8 Å². The summed E-state index contributed by atoms with van der Waals surface area (Å²) < 4.78 is 2.15. The molecule has 0 spiro atoms. The van der Waals surface area contributed by atoms with Gasteiger partial charge in [0.25, 0.3) is 5.91 Å². The Hall–Kier alpha value is -3.43. The molecule has 0 aliphatic heterocycles. The summed E-state index contributed by atoms with van der Waals surface area (Å²) in [7, 11) is 0. The van der Waals surface area contributed by atoms with Gasteiger partial charge in [0, 0.05) is 12.6 Å². The van der Waals surface area contributed by atoms with Gasteiger partial charge in [-0.1, -0.05) is 60.3 Å². The van der Waals surface area contributed by atoms with Gasteiger partial charge in [-0.25, -0.2) is 0 Å². The minimum atomic E-state index is -0.235. The van der Waals surface area contributed by atoms with Crippen LogP contribution >= 0.6 is 23.1 Å². The molecule has 2 N–H and O–H groups in total. The zero-order valence-corrected chi connectivity index (χ0v) is 19.9. The fourth-order valence-corrected chi connectivity index (χ4v) is 5.10. The molecule has 2 aromatic heterocycles. The first-order chi connectivity index (χ1) is 16.7. The maximum Gasteiger partial charge on any atom is 0.253 e. The van der Waals surface area contributed by atoms with Crippen molar-refractivity contribution in [2.24, 2.45) is 0 Å². The number of amides is 2. The molecule has 9 heteroatoms. The number of nitrogens with one attached hydrogen (secondary N) is 2. The second kappa shape index (κ2) is 10.2. The Balaban J connectivity index is 1.22. The summed E-state index contributed by atoms with van der Waals surface area (Å²) in [5.74, 6) is 0.605. The number of thiophene rings is 1. The topological polar surface area (TPSA) is 88.9 Å². The van der Waals surface area contributed by atoms with E-state index in [-0.39, 0.29) is 17.6 Å². The van der Waals surface area contributed by atoms with Gasteiger partial charge in [-0.2, -0.15) is 0 Å². The van der Waals surface area contributed by atoms with Crippen LogP contribution in [0, 0.1) is 0 Å². The van der Waals surface area contributed by atoms with E-state index >= 15 is 0 Å². The molecule has 2 amide bonds. The summed E-state index contributed by atoms with van der Waals surface area (Å²) >= 11 is 3.00. The maximum atomic E-state index is 12.8. The molecule has 172 valence electrons. The van der Waals surface area contributed by atoms with Crippen LogP contribution in [0.3, 0.4) is 0 Å². The van der Waals surface area contributed by atoms with Crippen LogP contribution in [0.2, 0.25) is 0 Å². The smallest absolute Gasteiger partial charge is 0.253 e.